The standard InChI is InChI=1S/C21H19BrN4O4/c22-14-4-1-12(2-5-14)19-24-25-20(30-19)13-9-16(27)17-15(23-21(28)29)6-3-11-7-8-26(10-13)18(11)17/h1-2,4-5,7-8,13,15,17,23H,3,6,9-10H2,(H,28,29)/t13-,15-,17?/m0/s1. The molecule has 154 valence electrons. The number of carbonyl (C=O) groups is 2. The summed E-state index contributed by atoms with van der Waals surface area (Å²) in [7, 11) is 0. The Bertz CT molecular complexity index is 1120. The summed E-state index contributed by atoms with van der Waals surface area (Å²) >= 11 is 3.41. The zero-order valence-corrected chi connectivity index (χ0v) is 17.5. The fourth-order valence-electron chi connectivity index (χ4n) is 4.58. The minimum absolute atomic E-state index is 0.000502. The molecule has 1 amide bonds. The second kappa shape index (κ2) is 7.39. The van der Waals surface area contributed by atoms with E-state index >= 15 is 0 Å². The molecule has 1 unspecified atom stereocenters. The van der Waals surface area contributed by atoms with E-state index in [0.717, 1.165) is 27.7 Å². The SMILES string of the molecule is O=C(O)N[C@H]1CCc2ccn3c2C1C(=O)C[C@H](c1nnc(-c2ccc(Br)cc2)o1)C3. The molecule has 0 radical (unpaired) electrons. The van der Waals surface area contributed by atoms with Gasteiger partial charge < -0.3 is 19.4 Å². The zero-order valence-electron chi connectivity index (χ0n) is 15.9. The van der Waals surface area contributed by atoms with Gasteiger partial charge in [0.15, 0.2) is 0 Å². The number of nitrogens with one attached hydrogen (secondary N) is 1. The number of benzene rings is 1. The van der Waals surface area contributed by atoms with Crippen LogP contribution in [0.3, 0.4) is 0 Å². The van der Waals surface area contributed by atoms with Crippen LogP contribution in [0.2, 0.25) is 0 Å². The van der Waals surface area contributed by atoms with Crippen LogP contribution >= 0.6 is 15.9 Å². The summed E-state index contributed by atoms with van der Waals surface area (Å²) in [6.07, 6.45) is 2.45. The minimum atomic E-state index is -1.11. The van der Waals surface area contributed by atoms with Gasteiger partial charge in [-0.3, -0.25) is 4.79 Å². The molecule has 0 fully saturated rings. The molecule has 3 aromatic rings. The van der Waals surface area contributed by atoms with Crippen molar-refractivity contribution in [1.82, 2.24) is 20.1 Å². The maximum atomic E-state index is 13.2. The number of ketones is 1. The Morgan fingerprint density at radius 1 is 1.23 bits per heavy atom. The Balaban J connectivity index is 1.47. The van der Waals surface area contributed by atoms with E-state index in [4.69, 9.17) is 4.42 Å². The quantitative estimate of drug-likeness (QED) is 0.603. The second-order valence-corrected chi connectivity index (χ2v) is 8.69. The van der Waals surface area contributed by atoms with Crippen LogP contribution in [0.15, 0.2) is 45.4 Å². The molecule has 2 aromatic heterocycles. The van der Waals surface area contributed by atoms with E-state index in [1.807, 2.05) is 36.5 Å². The second-order valence-electron chi connectivity index (χ2n) is 7.77. The lowest BCUT2D eigenvalue weighted by atomic mass is 9.79. The minimum Gasteiger partial charge on any atom is -0.465 e. The Morgan fingerprint density at radius 3 is 2.80 bits per heavy atom. The number of aromatic nitrogens is 3. The fourth-order valence-corrected chi connectivity index (χ4v) is 4.85. The number of hydrogen-bond acceptors (Lipinski definition) is 5. The lowest BCUT2D eigenvalue weighted by Gasteiger charge is -2.31. The molecule has 3 atom stereocenters. The third-order valence-corrected chi connectivity index (χ3v) is 6.45. The van der Waals surface area contributed by atoms with Gasteiger partial charge in [-0.15, -0.1) is 10.2 Å². The summed E-state index contributed by atoms with van der Waals surface area (Å²) in [5.74, 6) is 0.0834. The van der Waals surface area contributed by atoms with E-state index in [9.17, 15) is 14.7 Å². The van der Waals surface area contributed by atoms with Gasteiger partial charge in [0.1, 0.15) is 5.78 Å². The van der Waals surface area contributed by atoms with Crippen molar-refractivity contribution in [1.29, 1.82) is 0 Å². The summed E-state index contributed by atoms with van der Waals surface area (Å²) in [5, 5.41) is 20.2. The Morgan fingerprint density at radius 2 is 2.03 bits per heavy atom. The number of carboxylic acid groups (broad SMARTS) is 1. The van der Waals surface area contributed by atoms with Gasteiger partial charge in [-0.1, -0.05) is 15.9 Å². The van der Waals surface area contributed by atoms with E-state index < -0.39 is 18.1 Å². The predicted octanol–water partition coefficient (Wildman–Crippen LogP) is 3.72. The van der Waals surface area contributed by atoms with Crippen LogP contribution in [0.25, 0.3) is 11.5 Å². The van der Waals surface area contributed by atoms with Crippen molar-refractivity contribution >= 4 is 27.8 Å². The molecule has 0 saturated carbocycles. The first-order valence-electron chi connectivity index (χ1n) is 9.79. The van der Waals surface area contributed by atoms with Crippen LogP contribution < -0.4 is 5.32 Å². The highest BCUT2D eigenvalue weighted by Gasteiger charge is 2.42. The number of rotatable bonds is 3. The van der Waals surface area contributed by atoms with Crippen molar-refractivity contribution in [2.24, 2.45) is 0 Å². The first kappa shape index (κ1) is 19.0. The van der Waals surface area contributed by atoms with E-state index in [2.05, 4.69) is 36.0 Å². The Labute approximate surface area is 180 Å². The van der Waals surface area contributed by atoms with E-state index in [-0.39, 0.29) is 18.1 Å². The van der Waals surface area contributed by atoms with Crippen molar-refractivity contribution in [3.8, 4) is 11.5 Å². The number of nitrogens with zero attached hydrogens (tertiary/aromatic N) is 3. The molecule has 5 rings (SSSR count). The fraction of sp³-hybridized carbons (Fsp3) is 0.333. The molecule has 1 aromatic carbocycles. The molecule has 9 heteroatoms. The summed E-state index contributed by atoms with van der Waals surface area (Å²) in [6.45, 7) is 0.541. The molecule has 0 saturated heterocycles. The summed E-state index contributed by atoms with van der Waals surface area (Å²) in [5.41, 5.74) is 2.83. The van der Waals surface area contributed by atoms with Crippen LogP contribution in [-0.4, -0.2) is 37.8 Å². The van der Waals surface area contributed by atoms with Gasteiger partial charge in [0.2, 0.25) is 11.8 Å². The zero-order chi connectivity index (χ0) is 20.8. The van der Waals surface area contributed by atoms with Gasteiger partial charge in [-0.05, 0) is 48.7 Å². The molecule has 0 spiro atoms. The monoisotopic (exact) mass is 470 g/mol. The number of amides is 1. The van der Waals surface area contributed by atoms with Gasteiger partial charge in [0.25, 0.3) is 0 Å². The lowest BCUT2D eigenvalue weighted by Crippen LogP contribution is -2.44. The number of Topliss-reactive ketones (excluding diaryl/α,β-unsaturated/α-hetero) is 1. The molecule has 1 aliphatic heterocycles. The van der Waals surface area contributed by atoms with Crippen molar-refractivity contribution in [2.45, 2.75) is 43.7 Å². The van der Waals surface area contributed by atoms with Crippen LogP contribution in [0.4, 0.5) is 4.79 Å². The summed E-state index contributed by atoms with van der Waals surface area (Å²) in [4.78, 5) is 24.5. The third-order valence-electron chi connectivity index (χ3n) is 5.92. The number of hydrogen-bond donors (Lipinski definition) is 2. The predicted molar refractivity (Wildman–Crippen MR) is 110 cm³/mol. The molecular formula is C21H19BrN4O4. The van der Waals surface area contributed by atoms with Crippen LogP contribution in [0, 0.1) is 0 Å². The van der Waals surface area contributed by atoms with E-state index in [1.165, 1.54) is 0 Å². The first-order chi connectivity index (χ1) is 14.5. The highest BCUT2D eigenvalue weighted by atomic mass is 79.9. The first-order valence-corrected chi connectivity index (χ1v) is 10.6. The number of halogens is 1. The molecule has 30 heavy (non-hydrogen) atoms. The van der Waals surface area contributed by atoms with E-state index in [0.29, 0.717) is 24.7 Å². The normalized spacial score (nSPS) is 23.0. The molecule has 2 aliphatic rings. The average Bonchev–Trinajstić information content (AvgIpc) is 3.32. The van der Waals surface area contributed by atoms with Crippen LogP contribution in [0.5, 0.6) is 0 Å². The van der Waals surface area contributed by atoms with Gasteiger partial charge >= 0.3 is 6.09 Å². The maximum absolute atomic E-state index is 13.2. The Hall–Kier alpha value is -2.94. The topological polar surface area (TPSA) is 110 Å². The number of carbonyl (C=O) groups excluding carboxylic acids is 1. The molecular weight excluding hydrogens is 452 g/mol. The van der Waals surface area contributed by atoms with Crippen molar-refractivity contribution < 1.29 is 19.1 Å². The molecule has 3 heterocycles. The molecule has 2 N–H and O–H groups in total. The number of aryl methyl sites for hydroxylation is 1. The van der Waals surface area contributed by atoms with Crippen molar-refractivity contribution in [2.75, 3.05) is 0 Å². The van der Waals surface area contributed by atoms with Gasteiger partial charge in [0.05, 0.1) is 11.8 Å². The van der Waals surface area contributed by atoms with Crippen molar-refractivity contribution in [3.63, 3.8) is 0 Å². The smallest absolute Gasteiger partial charge is 0.404 e. The van der Waals surface area contributed by atoms with Crippen LogP contribution in [0.1, 0.15) is 41.8 Å². The van der Waals surface area contributed by atoms with E-state index in [1.54, 1.807) is 0 Å². The highest BCUT2D eigenvalue weighted by Crippen LogP contribution is 2.40. The third kappa shape index (κ3) is 3.32. The van der Waals surface area contributed by atoms with Crippen LogP contribution in [-0.2, 0) is 17.8 Å². The van der Waals surface area contributed by atoms with Gasteiger partial charge in [-0.2, -0.15) is 0 Å². The Kier molecular flexibility index (Phi) is 4.69. The molecule has 1 aliphatic carbocycles. The summed E-state index contributed by atoms with van der Waals surface area (Å²) in [6, 6.07) is 9.18. The lowest BCUT2D eigenvalue weighted by molar-refractivity contribution is -0.121. The van der Waals surface area contributed by atoms with Gasteiger partial charge in [-0.25, -0.2) is 4.79 Å². The maximum Gasteiger partial charge on any atom is 0.404 e. The average molecular weight is 471 g/mol. The van der Waals surface area contributed by atoms with Crippen molar-refractivity contribution in [3.05, 3.63) is 58.1 Å². The molecule has 8 nitrogen and oxygen atoms in total. The largest absolute Gasteiger partial charge is 0.465 e. The van der Waals surface area contributed by atoms with Gasteiger partial charge in [0, 0.05) is 40.9 Å². The summed E-state index contributed by atoms with van der Waals surface area (Å²) < 4.78 is 8.94. The molecule has 0 bridgehead atoms. The highest BCUT2D eigenvalue weighted by molar-refractivity contribution is 9.10.